The first-order chi connectivity index (χ1) is 13.7. The topological polar surface area (TPSA) is 78.5 Å². The van der Waals surface area contributed by atoms with Gasteiger partial charge in [-0.05, 0) is 36.5 Å². The van der Waals surface area contributed by atoms with E-state index in [2.05, 4.69) is 24.5 Å². The molecule has 3 rings (SSSR count). The lowest BCUT2D eigenvalue weighted by Crippen LogP contribution is -2.43. The lowest BCUT2D eigenvalue weighted by Gasteiger charge is -2.23. The van der Waals surface area contributed by atoms with Gasteiger partial charge in [-0.2, -0.15) is 0 Å². The molecule has 1 fully saturated rings. The molecule has 2 atom stereocenters. The van der Waals surface area contributed by atoms with Crippen LogP contribution < -0.4 is 10.6 Å². The van der Waals surface area contributed by atoms with Crippen molar-refractivity contribution in [2.45, 2.75) is 45.2 Å². The molecule has 2 aromatic rings. The summed E-state index contributed by atoms with van der Waals surface area (Å²) in [6, 6.07) is 16.4. The van der Waals surface area contributed by atoms with E-state index >= 15 is 0 Å². The maximum absolute atomic E-state index is 13.0. The molecule has 0 bridgehead atoms. The summed E-state index contributed by atoms with van der Waals surface area (Å²) in [6.45, 7) is 7.40. The summed E-state index contributed by atoms with van der Waals surface area (Å²) in [5, 5.41) is 5.58. The molecule has 0 unspecified atom stereocenters. The maximum atomic E-state index is 13.0. The lowest BCUT2D eigenvalue weighted by atomic mass is 9.90. The van der Waals surface area contributed by atoms with E-state index in [9.17, 15) is 14.4 Å². The van der Waals surface area contributed by atoms with Crippen LogP contribution in [-0.2, 0) is 15.1 Å². The number of benzene rings is 2. The van der Waals surface area contributed by atoms with Gasteiger partial charge in [-0.3, -0.25) is 14.5 Å². The van der Waals surface area contributed by atoms with Crippen LogP contribution in [0.5, 0.6) is 0 Å². The van der Waals surface area contributed by atoms with Crippen LogP contribution in [-0.4, -0.2) is 29.3 Å². The van der Waals surface area contributed by atoms with Crippen molar-refractivity contribution in [3.63, 3.8) is 0 Å². The molecule has 1 aliphatic rings. The molecule has 29 heavy (non-hydrogen) atoms. The Morgan fingerprint density at radius 2 is 1.62 bits per heavy atom. The number of urea groups is 1. The van der Waals surface area contributed by atoms with Crippen LogP contribution in [0.1, 0.15) is 56.3 Å². The third kappa shape index (κ3) is 4.16. The summed E-state index contributed by atoms with van der Waals surface area (Å²) >= 11 is 0. The predicted molar refractivity (Wildman–Crippen MR) is 111 cm³/mol. The number of carbonyl (C=O) groups is 3. The molecule has 0 radical (unpaired) electrons. The number of hydrogen-bond acceptors (Lipinski definition) is 3. The molecule has 0 saturated carbocycles. The number of imide groups is 1. The molecule has 0 spiro atoms. The Bertz CT molecular complexity index is 909. The monoisotopic (exact) mass is 393 g/mol. The van der Waals surface area contributed by atoms with Crippen molar-refractivity contribution in [1.82, 2.24) is 15.5 Å². The first-order valence-corrected chi connectivity index (χ1v) is 9.81. The quantitative estimate of drug-likeness (QED) is 0.738. The lowest BCUT2D eigenvalue weighted by molar-refractivity contribution is -0.135. The zero-order valence-electron chi connectivity index (χ0n) is 17.2. The number of nitrogens with one attached hydrogen (secondary N) is 2. The van der Waals surface area contributed by atoms with E-state index in [4.69, 9.17) is 0 Å². The summed E-state index contributed by atoms with van der Waals surface area (Å²) in [4.78, 5) is 38.9. The highest BCUT2D eigenvalue weighted by molar-refractivity contribution is 6.09. The Hall–Kier alpha value is -3.15. The standard InChI is InChI=1S/C23H27N3O3/c1-15(2)17-10-12-19(13-11-17)23(4)21(28)26(22(29)25-23)14-20(27)24-16(3)18-8-6-5-7-9-18/h5-13,15-16H,14H2,1-4H3,(H,24,27)(H,25,29)/t16-,23+/m1/s1. The molecule has 1 aliphatic heterocycles. The minimum absolute atomic E-state index is 0.223. The van der Waals surface area contributed by atoms with Gasteiger partial charge in [0.05, 0.1) is 6.04 Å². The van der Waals surface area contributed by atoms with E-state index in [-0.39, 0.29) is 18.5 Å². The molecule has 4 amide bonds. The van der Waals surface area contributed by atoms with E-state index in [0.717, 1.165) is 16.0 Å². The van der Waals surface area contributed by atoms with Gasteiger partial charge in [0.2, 0.25) is 5.91 Å². The van der Waals surface area contributed by atoms with Crippen molar-refractivity contribution in [3.05, 3.63) is 71.3 Å². The van der Waals surface area contributed by atoms with Crippen molar-refractivity contribution >= 4 is 17.8 Å². The number of carbonyl (C=O) groups excluding carboxylic acids is 3. The van der Waals surface area contributed by atoms with E-state index in [1.165, 1.54) is 0 Å². The molecule has 6 heteroatoms. The fraction of sp³-hybridized carbons (Fsp3) is 0.348. The zero-order chi connectivity index (χ0) is 21.2. The summed E-state index contributed by atoms with van der Waals surface area (Å²) in [7, 11) is 0. The Labute approximate surface area is 171 Å². The third-order valence-corrected chi connectivity index (χ3v) is 5.41. The average molecular weight is 393 g/mol. The van der Waals surface area contributed by atoms with Crippen molar-refractivity contribution in [2.24, 2.45) is 0 Å². The molecule has 2 N–H and O–H groups in total. The minimum atomic E-state index is -1.18. The Morgan fingerprint density at radius 1 is 1.00 bits per heavy atom. The van der Waals surface area contributed by atoms with Crippen LogP contribution in [0, 0.1) is 0 Å². The van der Waals surface area contributed by atoms with E-state index < -0.39 is 17.5 Å². The summed E-state index contributed by atoms with van der Waals surface area (Å²) < 4.78 is 0. The molecule has 6 nitrogen and oxygen atoms in total. The van der Waals surface area contributed by atoms with Crippen LogP contribution in [0.3, 0.4) is 0 Å². The Balaban J connectivity index is 1.70. The van der Waals surface area contributed by atoms with Crippen LogP contribution in [0.2, 0.25) is 0 Å². The van der Waals surface area contributed by atoms with Gasteiger partial charge >= 0.3 is 6.03 Å². The number of rotatable bonds is 6. The highest BCUT2D eigenvalue weighted by Gasteiger charge is 2.49. The Morgan fingerprint density at radius 3 is 2.21 bits per heavy atom. The Kier molecular flexibility index (Phi) is 5.73. The summed E-state index contributed by atoms with van der Waals surface area (Å²) in [5.74, 6) is -0.441. The van der Waals surface area contributed by atoms with Crippen molar-refractivity contribution in [1.29, 1.82) is 0 Å². The second-order valence-electron chi connectivity index (χ2n) is 7.92. The summed E-state index contributed by atoms with van der Waals surface area (Å²) in [6.07, 6.45) is 0. The second kappa shape index (κ2) is 8.07. The fourth-order valence-electron chi connectivity index (χ4n) is 3.49. The van der Waals surface area contributed by atoms with Gasteiger partial charge in [0, 0.05) is 0 Å². The van der Waals surface area contributed by atoms with Crippen molar-refractivity contribution < 1.29 is 14.4 Å². The molecular weight excluding hydrogens is 366 g/mol. The second-order valence-corrected chi connectivity index (χ2v) is 7.92. The van der Waals surface area contributed by atoms with Gasteiger partial charge in [-0.1, -0.05) is 68.4 Å². The van der Waals surface area contributed by atoms with Gasteiger partial charge in [0.15, 0.2) is 0 Å². The van der Waals surface area contributed by atoms with Crippen LogP contribution in [0.4, 0.5) is 4.79 Å². The molecule has 1 heterocycles. The molecule has 0 aromatic heterocycles. The smallest absolute Gasteiger partial charge is 0.325 e. The van der Waals surface area contributed by atoms with Crippen LogP contribution in [0.25, 0.3) is 0 Å². The molecule has 2 aromatic carbocycles. The first-order valence-electron chi connectivity index (χ1n) is 9.81. The highest BCUT2D eigenvalue weighted by Crippen LogP contribution is 2.30. The van der Waals surface area contributed by atoms with E-state index in [1.807, 2.05) is 61.5 Å². The summed E-state index contributed by atoms with van der Waals surface area (Å²) in [5.41, 5.74) is 1.62. The van der Waals surface area contributed by atoms with Crippen LogP contribution in [0.15, 0.2) is 54.6 Å². The molecule has 0 aliphatic carbocycles. The van der Waals surface area contributed by atoms with Gasteiger partial charge in [0.1, 0.15) is 12.1 Å². The highest BCUT2D eigenvalue weighted by atomic mass is 16.2. The SMILES string of the molecule is CC(C)c1ccc([C@]2(C)NC(=O)N(CC(=O)N[C@H](C)c3ccccc3)C2=O)cc1. The number of nitrogens with zero attached hydrogens (tertiary/aromatic N) is 1. The van der Waals surface area contributed by atoms with Crippen molar-refractivity contribution in [3.8, 4) is 0 Å². The maximum Gasteiger partial charge on any atom is 0.325 e. The largest absolute Gasteiger partial charge is 0.348 e. The van der Waals surface area contributed by atoms with Gasteiger partial charge in [-0.15, -0.1) is 0 Å². The van der Waals surface area contributed by atoms with E-state index in [0.29, 0.717) is 11.5 Å². The first kappa shape index (κ1) is 20.6. The third-order valence-electron chi connectivity index (χ3n) is 5.41. The molecule has 152 valence electrons. The number of hydrogen-bond donors (Lipinski definition) is 2. The predicted octanol–water partition coefficient (Wildman–Crippen LogP) is 3.45. The average Bonchev–Trinajstić information content (AvgIpc) is 2.92. The number of amides is 4. The fourth-order valence-corrected chi connectivity index (χ4v) is 3.49. The van der Waals surface area contributed by atoms with Gasteiger partial charge in [0.25, 0.3) is 5.91 Å². The van der Waals surface area contributed by atoms with Gasteiger partial charge in [-0.25, -0.2) is 4.79 Å². The van der Waals surface area contributed by atoms with Crippen molar-refractivity contribution in [2.75, 3.05) is 6.54 Å². The minimum Gasteiger partial charge on any atom is -0.348 e. The molecule has 1 saturated heterocycles. The van der Waals surface area contributed by atoms with Crippen LogP contribution >= 0.6 is 0 Å². The normalized spacial score (nSPS) is 20.0. The van der Waals surface area contributed by atoms with Gasteiger partial charge < -0.3 is 10.6 Å². The zero-order valence-corrected chi connectivity index (χ0v) is 17.2. The van der Waals surface area contributed by atoms with E-state index in [1.54, 1.807) is 6.92 Å². The molecular formula is C23H27N3O3.